The number of nitrogens with zero attached hydrogens (tertiary/aromatic N) is 1. The molecule has 0 aliphatic rings. The zero-order chi connectivity index (χ0) is 10.2. The predicted octanol–water partition coefficient (Wildman–Crippen LogP) is 2.55. The molecule has 0 aromatic carbocycles. The summed E-state index contributed by atoms with van der Waals surface area (Å²) in [6, 6.07) is 0. The molecule has 1 rings (SSSR count). The zero-order valence-corrected chi connectivity index (χ0v) is 7.03. The third-order valence-electron chi connectivity index (χ3n) is 1.27. The number of alkyl halides is 3. The van der Waals surface area contributed by atoms with E-state index in [0.29, 0.717) is 0 Å². The lowest BCUT2D eigenvalue weighted by molar-refractivity contribution is -0.143. The molecule has 72 valence electrons. The average molecular weight is 214 g/mol. The van der Waals surface area contributed by atoms with Gasteiger partial charge >= 0.3 is 6.18 Å². The van der Waals surface area contributed by atoms with Gasteiger partial charge in [0.1, 0.15) is 5.56 Å². The molecule has 1 aromatic rings. The summed E-state index contributed by atoms with van der Waals surface area (Å²) in [4.78, 5) is 10.7. The number of Topliss-reactive ketones (excluding diaryl/α,β-unsaturated/α-hetero) is 1. The third kappa shape index (κ3) is 1.82. The second-order valence-electron chi connectivity index (χ2n) is 2.23. The van der Waals surface area contributed by atoms with E-state index in [-0.39, 0.29) is 0 Å². The van der Waals surface area contributed by atoms with Crippen LogP contribution in [0, 0.1) is 0 Å². The molecule has 0 fully saturated rings. The van der Waals surface area contributed by atoms with Gasteiger partial charge in [-0.3, -0.25) is 4.79 Å². The zero-order valence-electron chi connectivity index (χ0n) is 6.28. The van der Waals surface area contributed by atoms with Crippen molar-refractivity contribution in [2.45, 2.75) is 13.1 Å². The number of ketones is 1. The van der Waals surface area contributed by atoms with E-state index in [1.54, 1.807) is 0 Å². The van der Waals surface area contributed by atoms with Crippen molar-refractivity contribution in [3.8, 4) is 0 Å². The van der Waals surface area contributed by atoms with E-state index in [1.807, 2.05) is 0 Å². The smallest absolute Gasteiger partial charge is 0.343 e. The van der Waals surface area contributed by atoms with E-state index < -0.39 is 28.4 Å². The lowest BCUT2D eigenvalue weighted by Crippen LogP contribution is -2.10. The molecule has 7 heteroatoms. The van der Waals surface area contributed by atoms with Crippen LogP contribution in [0.4, 0.5) is 13.2 Å². The lowest BCUT2D eigenvalue weighted by atomic mass is 10.2. The number of aromatic nitrogens is 1. The van der Waals surface area contributed by atoms with Gasteiger partial charge in [-0.1, -0.05) is 5.16 Å². The molecule has 0 amide bonds. The molecule has 0 N–H and O–H groups in total. The number of hydrogen-bond acceptors (Lipinski definition) is 3. The topological polar surface area (TPSA) is 43.1 Å². The maximum absolute atomic E-state index is 12.1. The summed E-state index contributed by atoms with van der Waals surface area (Å²) in [5.74, 6) is -0.835. The molecule has 0 saturated carbocycles. The summed E-state index contributed by atoms with van der Waals surface area (Å²) in [6.07, 6.45) is -4.72. The highest BCUT2D eigenvalue weighted by Crippen LogP contribution is 2.34. The SMILES string of the molecule is CC(=O)c1c(C(F)(F)F)noc1Cl. The molecular formula is C6H3ClF3NO2. The Kier molecular flexibility index (Phi) is 2.34. The van der Waals surface area contributed by atoms with Crippen LogP contribution >= 0.6 is 11.6 Å². The molecule has 1 heterocycles. The minimum atomic E-state index is -4.72. The van der Waals surface area contributed by atoms with Gasteiger partial charge in [0, 0.05) is 0 Å². The summed E-state index contributed by atoms with van der Waals surface area (Å²) in [7, 11) is 0. The normalized spacial score (nSPS) is 11.8. The van der Waals surface area contributed by atoms with Gasteiger partial charge < -0.3 is 4.52 Å². The minimum Gasteiger partial charge on any atom is -0.343 e. The summed E-state index contributed by atoms with van der Waals surface area (Å²) in [5, 5.41) is 2.02. The molecule has 0 saturated heterocycles. The molecular weight excluding hydrogens is 211 g/mol. The second-order valence-corrected chi connectivity index (χ2v) is 2.58. The van der Waals surface area contributed by atoms with E-state index in [4.69, 9.17) is 11.6 Å². The van der Waals surface area contributed by atoms with Crippen molar-refractivity contribution < 1.29 is 22.5 Å². The molecule has 1 aromatic heterocycles. The fourth-order valence-electron chi connectivity index (χ4n) is 0.769. The first-order valence-corrected chi connectivity index (χ1v) is 3.45. The summed E-state index contributed by atoms with van der Waals surface area (Å²) in [5.41, 5.74) is -2.11. The highest BCUT2D eigenvalue weighted by Gasteiger charge is 2.40. The summed E-state index contributed by atoms with van der Waals surface area (Å²) in [6.45, 7) is 0.952. The van der Waals surface area contributed by atoms with Gasteiger partial charge in [-0.05, 0) is 18.5 Å². The Morgan fingerprint density at radius 2 is 2.08 bits per heavy atom. The van der Waals surface area contributed by atoms with Crippen LogP contribution in [0.1, 0.15) is 23.0 Å². The third-order valence-corrected chi connectivity index (χ3v) is 1.53. The van der Waals surface area contributed by atoms with Gasteiger partial charge in [-0.15, -0.1) is 0 Å². The van der Waals surface area contributed by atoms with Crippen molar-refractivity contribution in [3.63, 3.8) is 0 Å². The highest BCUT2D eigenvalue weighted by molar-refractivity contribution is 6.32. The Morgan fingerprint density at radius 3 is 2.38 bits per heavy atom. The van der Waals surface area contributed by atoms with Crippen LogP contribution in [0.25, 0.3) is 0 Å². The van der Waals surface area contributed by atoms with Crippen LogP contribution in [-0.4, -0.2) is 10.9 Å². The van der Waals surface area contributed by atoms with E-state index in [2.05, 4.69) is 9.68 Å². The summed E-state index contributed by atoms with van der Waals surface area (Å²) < 4.78 is 40.3. The second kappa shape index (κ2) is 3.02. The number of carbonyl (C=O) groups excluding carboxylic acids is 1. The molecule has 0 unspecified atom stereocenters. The number of carbonyl (C=O) groups is 1. The largest absolute Gasteiger partial charge is 0.437 e. The fraction of sp³-hybridized carbons (Fsp3) is 0.333. The average Bonchev–Trinajstić information content (AvgIpc) is 2.28. The first-order chi connectivity index (χ1) is 5.84. The monoisotopic (exact) mass is 213 g/mol. The van der Waals surface area contributed by atoms with Gasteiger partial charge in [-0.25, -0.2) is 0 Å². The first kappa shape index (κ1) is 10.0. The van der Waals surface area contributed by atoms with Crippen LogP contribution in [0.5, 0.6) is 0 Å². The Balaban J connectivity index is 3.31. The van der Waals surface area contributed by atoms with Gasteiger partial charge in [-0.2, -0.15) is 13.2 Å². The maximum atomic E-state index is 12.1. The molecule has 0 aliphatic heterocycles. The number of hydrogen-bond donors (Lipinski definition) is 0. The van der Waals surface area contributed by atoms with E-state index in [1.165, 1.54) is 0 Å². The molecule has 0 bridgehead atoms. The Bertz CT molecular complexity index is 344. The van der Waals surface area contributed by atoms with Gasteiger partial charge in [0.25, 0.3) is 0 Å². The minimum absolute atomic E-state index is 0.639. The van der Waals surface area contributed by atoms with E-state index >= 15 is 0 Å². The highest BCUT2D eigenvalue weighted by atomic mass is 35.5. The molecule has 13 heavy (non-hydrogen) atoms. The van der Waals surface area contributed by atoms with Crippen LogP contribution < -0.4 is 0 Å². The van der Waals surface area contributed by atoms with Crippen molar-refractivity contribution in [3.05, 3.63) is 16.5 Å². The van der Waals surface area contributed by atoms with Crippen molar-refractivity contribution in [2.24, 2.45) is 0 Å². The predicted molar refractivity (Wildman–Crippen MR) is 36.5 cm³/mol. The quantitative estimate of drug-likeness (QED) is 0.674. The van der Waals surface area contributed by atoms with Crippen LogP contribution in [0.15, 0.2) is 4.52 Å². The van der Waals surface area contributed by atoms with Crippen molar-refractivity contribution in [1.82, 2.24) is 5.16 Å². The van der Waals surface area contributed by atoms with Crippen LogP contribution in [-0.2, 0) is 6.18 Å². The van der Waals surface area contributed by atoms with Crippen LogP contribution in [0.3, 0.4) is 0 Å². The van der Waals surface area contributed by atoms with Gasteiger partial charge in [0.2, 0.25) is 5.22 Å². The molecule has 0 radical (unpaired) electrons. The Labute approximate surface area is 75.5 Å². The standard InChI is InChI=1S/C6H3ClF3NO2/c1-2(12)3-4(6(8,9)10)11-13-5(3)7/h1H3. The lowest BCUT2D eigenvalue weighted by Gasteiger charge is -2.01. The fourth-order valence-corrected chi connectivity index (χ4v) is 1.03. The number of rotatable bonds is 1. The molecule has 0 spiro atoms. The first-order valence-electron chi connectivity index (χ1n) is 3.07. The van der Waals surface area contributed by atoms with Gasteiger partial charge in [0.15, 0.2) is 11.5 Å². The van der Waals surface area contributed by atoms with Crippen molar-refractivity contribution in [1.29, 1.82) is 0 Å². The van der Waals surface area contributed by atoms with E-state index in [0.717, 1.165) is 6.92 Å². The van der Waals surface area contributed by atoms with Crippen LogP contribution in [0.2, 0.25) is 5.22 Å². The Hall–Kier alpha value is -1.04. The molecule has 0 aliphatic carbocycles. The molecule has 0 atom stereocenters. The maximum Gasteiger partial charge on any atom is 0.437 e. The number of halogens is 4. The Morgan fingerprint density at radius 1 is 1.54 bits per heavy atom. The molecule has 3 nitrogen and oxygen atoms in total. The van der Waals surface area contributed by atoms with Gasteiger partial charge in [0.05, 0.1) is 0 Å². The van der Waals surface area contributed by atoms with Crippen molar-refractivity contribution in [2.75, 3.05) is 0 Å². The summed E-state index contributed by atoms with van der Waals surface area (Å²) >= 11 is 5.20. The van der Waals surface area contributed by atoms with Crippen molar-refractivity contribution >= 4 is 17.4 Å². The van der Waals surface area contributed by atoms with E-state index in [9.17, 15) is 18.0 Å².